The van der Waals surface area contributed by atoms with Crippen LogP contribution in [0.2, 0.25) is 0 Å². The molecule has 1 saturated heterocycles. The van der Waals surface area contributed by atoms with E-state index in [1.165, 1.54) is 5.56 Å². The summed E-state index contributed by atoms with van der Waals surface area (Å²) in [6, 6.07) is 4.05. The zero-order valence-electron chi connectivity index (χ0n) is 11.5. The fourth-order valence-corrected chi connectivity index (χ4v) is 2.49. The Labute approximate surface area is 122 Å². The van der Waals surface area contributed by atoms with Crippen LogP contribution in [0.4, 0.5) is 0 Å². The van der Waals surface area contributed by atoms with Gasteiger partial charge in [0, 0.05) is 45.1 Å². The summed E-state index contributed by atoms with van der Waals surface area (Å²) >= 11 is 3.44. The van der Waals surface area contributed by atoms with E-state index in [1.54, 1.807) is 6.20 Å². The molecule has 1 fully saturated rings. The van der Waals surface area contributed by atoms with Gasteiger partial charge in [0.25, 0.3) is 0 Å². The van der Waals surface area contributed by atoms with Crippen LogP contribution in [-0.4, -0.2) is 51.2 Å². The number of hydrogen-bond acceptors (Lipinski definition) is 3. The first-order chi connectivity index (χ1) is 8.97. The molecule has 104 valence electrons. The zero-order valence-corrected chi connectivity index (χ0v) is 13.1. The van der Waals surface area contributed by atoms with E-state index in [9.17, 15) is 4.79 Å². The molecular weight excluding hydrogens is 306 g/mol. The Balaban J connectivity index is 1.85. The Hall–Kier alpha value is -0.940. The van der Waals surface area contributed by atoms with Crippen LogP contribution in [0.25, 0.3) is 0 Å². The van der Waals surface area contributed by atoms with Crippen molar-refractivity contribution in [3.8, 4) is 0 Å². The van der Waals surface area contributed by atoms with Gasteiger partial charge in [-0.15, -0.1) is 0 Å². The van der Waals surface area contributed by atoms with E-state index < -0.39 is 4.32 Å². The molecule has 0 saturated carbocycles. The molecule has 2 rings (SSSR count). The van der Waals surface area contributed by atoms with E-state index in [1.807, 2.05) is 31.0 Å². The highest BCUT2D eigenvalue weighted by Gasteiger charge is 2.31. The van der Waals surface area contributed by atoms with Crippen molar-refractivity contribution in [1.29, 1.82) is 0 Å². The van der Waals surface area contributed by atoms with E-state index >= 15 is 0 Å². The fourth-order valence-electron chi connectivity index (χ4n) is 2.23. The molecule has 0 spiro atoms. The molecule has 0 N–H and O–H groups in total. The maximum Gasteiger partial charge on any atom is 0.238 e. The van der Waals surface area contributed by atoms with E-state index in [2.05, 4.69) is 31.9 Å². The van der Waals surface area contributed by atoms with Crippen LogP contribution in [-0.2, 0) is 11.3 Å². The number of piperazine rings is 1. The van der Waals surface area contributed by atoms with Crippen LogP contribution in [0.3, 0.4) is 0 Å². The number of hydrogen-bond donors (Lipinski definition) is 0. The van der Waals surface area contributed by atoms with Crippen LogP contribution in [0.5, 0.6) is 0 Å². The van der Waals surface area contributed by atoms with Gasteiger partial charge in [0.15, 0.2) is 0 Å². The molecule has 0 aromatic carbocycles. The summed E-state index contributed by atoms with van der Waals surface area (Å²) in [5, 5.41) is 0. The molecule has 0 unspecified atom stereocenters. The number of rotatable bonds is 3. The Morgan fingerprint density at radius 2 is 2.05 bits per heavy atom. The number of nitrogens with zero attached hydrogens (tertiary/aromatic N) is 3. The summed E-state index contributed by atoms with van der Waals surface area (Å²) in [6.07, 6.45) is 3.69. The van der Waals surface area contributed by atoms with Gasteiger partial charge in [0.1, 0.15) is 0 Å². The number of alkyl halides is 1. The molecule has 0 radical (unpaired) electrons. The number of amides is 1. The van der Waals surface area contributed by atoms with Crippen molar-refractivity contribution in [2.24, 2.45) is 0 Å². The molecule has 1 aliphatic rings. The molecule has 5 heteroatoms. The summed E-state index contributed by atoms with van der Waals surface area (Å²) in [4.78, 5) is 20.6. The Bertz CT molecular complexity index is 422. The van der Waals surface area contributed by atoms with Gasteiger partial charge in [-0.3, -0.25) is 14.7 Å². The average Bonchev–Trinajstić information content (AvgIpc) is 2.39. The van der Waals surface area contributed by atoms with Crippen molar-refractivity contribution in [1.82, 2.24) is 14.8 Å². The SMILES string of the molecule is CC(C)(Br)C(=O)N1CCN(Cc2cccnc2)CC1. The van der Waals surface area contributed by atoms with Gasteiger partial charge in [-0.05, 0) is 25.5 Å². The normalized spacial score (nSPS) is 17.5. The largest absolute Gasteiger partial charge is 0.339 e. The first-order valence-corrected chi connectivity index (χ1v) is 7.35. The summed E-state index contributed by atoms with van der Waals surface area (Å²) in [6.45, 7) is 8.15. The van der Waals surface area contributed by atoms with Crippen LogP contribution in [0.15, 0.2) is 24.5 Å². The van der Waals surface area contributed by atoms with Crippen molar-refractivity contribution < 1.29 is 4.79 Å². The second-order valence-electron chi connectivity index (χ2n) is 5.40. The second-order valence-corrected chi connectivity index (χ2v) is 7.38. The van der Waals surface area contributed by atoms with Gasteiger partial charge in [-0.25, -0.2) is 0 Å². The first-order valence-electron chi connectivity index (χ1n) is 6.56. The summed E-state index contributed by atoms with van der Waals surface area (Å²) in [7, 11) is 0. The van der Waals surface area contributed by atoms with Gasteiger partial charge < -0.3 is 4.90 Å². The third-order valence-electron chi connectivity index (χ3n) is 3.30. The smallest absolute Gasteiger partial charge is 0.238 e. The molecule has 2 heterocycles. The Morgan fingerprint density at radius 1 is 1.37 bits per heavy atom. The van der Waals surface area contributed by atoms with Crippen molar-refractivity contribution in [2.45, 2.75) is 24.7 Å². The molecule has 1 aromatic heterocycles. The van der Waals surface area contributed by atoms with E-state index in [-0.39, 0.29) is 5.91 Å². The standard InChI is InChI=1S/C14H20BrN3O/c1-14(2,15)13(19)18-8-6-17(7-9-18)11-12-4-3-5-16-10-12/h3-5,10H,6-9,11H2,1-2H3. The van der Waals surface area contributed by atoms with Gasteiger partial charge >= 0.3 is 0 Å². The Kier molecular flexibility index (Phi) is 4.58. The number of aromatic nitrogens is 1. The molecular formula is C14H20BrN3O. The van der Waals surface area contributed by atoms with Crippen molar-refractivity contribution in [3.63, 3.8) is 0 Å². The highest BCUT2D eigenvalue weighted by Crippen LogP contribution is 2.20. The predicted octanol–water partition coefficient (Wildman–Crippen LogP) is 1.90. The summed E-state index contributed by atoms with van der Waals surface area (Å²) in [5.41, 5.74) is 1.23. The van der Waals surface area contributed by atoms with Crippen LogP contribution >= 0.6 is 15.9 Å². The lowest BCUT2D eigenvalue weighted by atomic mass is 10.1. The van der Waals surface area contributed by atoms with Gasteiger partial charge in [0.2, 0.25) is 5.91 Å². The predicted molar refractivity (Wildman–Crippen MR) is 79.1 cm³/mol. The molecule has 1 aromatic rings. The van der Waals surface area contributed by atoms with Crippen LogP contribution in [0.1, 0.15) is 19.4 Å². The minimum absolute atomic E-state index is 0.175. The van der Waals surface area contributed by atoms with Crippen LogP contribution < -0.4 is 0 Å². The third kappa shape index (κ3) is 4.01. The molecule has 1 aliphatic heterocycles. The van der Waals surface area contributed by atoms with E-state index in [0.29, 0.717) is 0 Å². The summed E-state index contributed by atoms with van der Waals surface area (Å²) in [5.74, 6) is 0.175. The number of halogens is 1. The van der Waals surface area contributed by atoms with E-state index in [4.69, 9.17) is 0 Å². The molecule has 4 nitrogen and oxygen atoms in total. The van der Waals surface area contributed by atoms with Gasteiger partial charge in [0.05, 0.1) is 4.32 Å². The minimum atomic E-state index is -0.460. The van der Waals surface area contributed by atoms with Crippen molar-refractivity contribution in [3.05, 3.63) is 30.1 Å². The third-order valence-corrected chi connectivity index (χ3v) is 3.64. The van der Waals surface area contributed by atoms with E-state index in [0.717, 1.165) is 32.7 Å². The monoisotopic (exact) mass is 325 g/mol. The quantitative estimate of drug-likeness (QED) is 0.796. The first kappa shape index (κ1) is 14.5. The molecule has 19 heavy (non-hydrogen) atoms. The lowest BCUT2D eigenvalue weighted by Gasteiger charge is -2.37. The van der Waals surface area contributed by atoms with Gasteiger partial charge in [-0.1, -0.05) is 22.0 Å². The van der Waals surface area contributed by atoms with Crippen LogP contribution in [0, 0.1) is 0 Å². The molecule has 1 amide bonds. The second kappa shape index (κ2) is 6.01. The van der Waals surface area contributed by atoms with Crippen molar-refractivity contribution in [2.75, 3.05) is 26.2 Å². The number of carbonyl (C=O) groups is 1. The van der Waals surface area contributed by atoms with Gasteiger partial charge in [-0.2, -0.15) is 0 Å². The number of pyridine rings is 1. The average molecular weight is 326 g/mol. The molecule has 0 atom stereocenters. The number of carbonyl (C=O) groups excluding carboxylic acids is 1. The minimum Gasteiger partial charge on any atom is -0.339 e. The fraction of sp³-hybridized carbons (Fsp3) is 0.571. The maximum atomic E-state index is 12.1. The highest BCUT2D eigenvalue weighted by atomic mass is 79.9. The Morgan fingerprint density at radius 3 is 2.58 bits per heavy atom. The maximum absolute atomic E-state index is 12.1. The molecule has 0 aliphatic carbocycles. The molecule has 0 bridgehead atoms. The summed E-state index contributed by atoms with van der Waals surface area (Å²) < 4.78 is -0.460. The lowest BCUT2D eigenvalue weighted by molar-refractivity contribution is -0.134. The van der Waals surface area contributed by atoms with Crippen molar-refractivity contribution >= 4 is 21.8 Å². The zero-order chi connectivity index (χ0) is 13.9. The highest BCUT2D eigenvalue weighted by molar-refractivity contribution is 9.10. The topological polar surface area (TPSA) is 36.4 Å². The lowest BCUT2D eigenvalue weighted by Crippen LogP contribution is -2.52.